The van der Waals surface area contributed by atoms with Crippen molar-refractivity contribution in [2.45, 2.75) is 13.0 Å². The summed E-state index contributed by atoms with van der Waals surface area (Å²) in [5.41, 5.74) is 7.89. The molecule has 0 spiro atoms. The number of carbonyl (C=O) groups excluding carboxylic acids is 1. The van der Waals surface area contributed by atoms with Gasteiger partial charge in [0, 0.05) is 17.4 Å². The summed E-state index contributed by atoms with van der Waals surface area (Å²) in [6.07, 6.45) is 0. The van der Waals surface area contributed by atoms with Gasteiger partial charge in [-0.25, -0.2) is 9.18 Å². The van der Waals surface area contributed by atoms with Crippen LogP contribution in [0.15, 0.2) is 46.9 Å². The molecule has 0 bridgehead atoms. The van der Waals surface area contributed by atoms with E-state index in [1.807, 2.05) is 19.1 Å². The van der Waals surface area contributed by atoms with Gasteiger partial charge in [0.2, 0.25) is 0 Å². The monoisotopic (exact) mass is 351 g/mol. The number of amides is 2. The van der Waals surface area contributed by atoms with Crippen LogP contribution in [-0.2, 0) is 0 Å². The van der Waals surface area contributed by atoms with E-state index >= 15 is 0 Å². The summed E-state index contributed by atoms with van der Waals surface area (Å²) in [6.45, 7) is 1.89. The van der Waals surface area contributed by atoms with Gasteiger partial charge in [0.15, 0.2) is 0 Å². The molecule has 4 nitrogen and oxygen atoms in total. The molecule has 21 heavy (non-hydrogen) atoms. The zero-order chi connectivity index (χ0) is 15.4. The van der Waals surface area contributed by atoms with E-state index in [-0.39, 0.29) is 11.9 Å². The lowest BCUT2D eigenvalue weighted by Crippen LogP contribution is -2.19. The lowest BCUT2D eigenvalue weighted by Gasteiger charge is -2.10. The van der Waals surface area contributed by atoms with Crippen molar-refractivity contribution in [3.05, 3.63) is 58.3 Å². The van der Waals surface area contributed by atoms with Gasteiger partial charge in [0.1, 0.15) is 5.82 Å². The third-order valence-corrected chi connectivity index (χ3v) is 3.48. The summed E-state index contributed by atoms with van der Waals surface area (Å²) in [7, 11) is 0. The highest BCUT2D eigenvalue weighted by molar-refractivity contribution is 9.10. The van der Waals surface area contributed by atoms with Crippen LogP contribution in [-0.4, -0.2) is 6.03 Å². The maximum absolute atomic E-state index is 13.1. The molecule has 2 amide bonds. The van der Waals surface area contributed by atoms with Gasteiger partial charge in [0.25, 0.3) is 0 Å². The van der Waals surface area contributed by atoms with E-state index in [1.54, 1.807) is 12.1 Å². The minimum absolute atomic E-state index is 0.0514. The molecule has 0 aromatic heterocycles. The van der Waals surface area contributed by atoms with E-state index in [1.165, 1.54) is 18.2 Å². The van der Waals surface area contributed by atoms with Gasteiger partial charge in [-0.1, -0.05) is 12.1 Å². The number of benzene rings is 2. The number of rotatable bonds is 3. The SMILES string of the molecule is CC(N)c1ccc(NC(=O)Nc2ccc(F)c(Br)c2)cc1. The zero-order valence-corrected chi connectivity index (χ0v) is 12.9. The number of nitrogens with two attached hydrogens (primary N) is 1. The molecule has 0 heterocycles. The minimum Gasteiger partial charge on any atom is -0.324 e. The van der Waals surface area contributed by atoms with Gasteiger partial charge in [-0.15, -0.1) is 0 Å². The molecule has 0 aliphatic rings. The van der Waals surface area contributed by atoms with Crippen LogP contribution < -0.4 is 16.4 Å². The molecule has 6 heteroatoms. The Labute approximate surface area is 130 Å². The highest BCUT2D eigenvalue weighted by atomic mass is 79.9. The molecule has 4 N–H and O–H groups in total. The molecule has 0 aliphatic heterocycles. The highest BCUT2D eigenvalue weighted by Crippen LogP contribution is 2.20. The lowest BCUT2D eigenvalue weighted by molar-refractivity contribution is 0.262. The molecular formula is C15H15BrFN3O. The number of anilines is 2. The average Bonchev–Trinajstić information content (AvgIpc) is 2.43. The fourth-order valence-corrected chi connectivity index (χ4v) is 2.12. The van der Waals surface area contributed by atoms with Crippen molar-refractivity contribution < 1.29 is 9.18 Å². The van der Waals surface area contributed by atoms with Crippen LogP contribution in [0.25, 0.3) is 0 Å². The van der Waals surface area contributed by atoms with Crippen molar-refractivity contribution in [1.29, 1.82) is 0 Å². The summed E-state index contributed by atoms with van der Waals surface area (Å²) < 4.78 is 13.4. The Morgan fingerprint density at radius 1 is 1.14 bits per heavy atom. The van der Waals surface area contributed by atoms with E-state index in [0.29, 0.717) is 15.8 Å². The number of hydrogen-bond acceptors (Lipinski definition) is 2. The molecule has 0 aliphatic carbocycles. The van der Waals surface area contributed by atoms with Crippen LogP contribution in [0.1, 0.15) is 18.5 Å². The summed E-state index contributed by atoms with van der Waals surface area (Å²) >= 11 is 3.07. The standard InChI is InChI=1S/C15H15BrFN3O/c1-9(18)10-2-4-11(5-3-10)19-15(21)20-12-6-7-14(17)13(16)8-12/h2-9H,18H2,1H3,(H2,19,20,21). The van der Waals surface area contributed by atoms with Crippen LogP contribution in [0, 0.1) is 5.82 Å². The summed E-state index contributed by atoms with van der Waals surface area (Å²) in [5, 5.41) is 5.32. The van der Waals surface area contributed by atoms with E-state index in [4.69, 9.17) is 5.73 Å². The molecule has 2 aromatic carbocycles. The van der Waals surface area contributed by atoms with Crippen LogP contribution in [0.2, 0.25) is 0 Å². The Bertz CT molecular complexity index is 644. The number of hydrogen-bond donors (Lipinski definition) is 3. The Morgan fingerprint density at radius 3 is 2.29 bits per heavy atom. The summed E-state index contributed by atoms with van der Waals surface area (Å²) in [6, 6.07) is 11.1. The van der Waals surface area contributed by atoms with Crippen molar-refractivity contribution >= 4 is 33.3 Å². The van der Waals surface area contributed by atoms with Crippen molar-refractivity contribution in [3.8, 4) is 0 Å². The first-order valence-corrected chi connectivity index (χ1v) is 7.13. The van der Waals surface area contributed by atoms with Gasteiger partial charge in [-0.05, 0) is 58.7 Å². The second kappa shape index (κ2) is 6.69. The predicted octanol–water partition coefficient (Wildman–Crippen LogP) is 4.25. The van der Waals surface area contributed by atoms with E-state index in [9.17, 15) is 9.18 Å². The third-order valence-electron chi connectivity index (χ3n) is 2.87. The fourth-order valence-electron chi connectivity index (χ4n) is 1.74. The number of urea groups is 1. The number of nitrogens with one attached hydrogen (secondary N) is 2. The van der Waals surface area contributed by atoms with Gasteiger partial charge < -0.3 is 16.4 Å². The molecule has 0 radical (unpaired) electrons. The van der Waals surface area contributed by atoms with E-state index < -0.39 is 6.03 Å². The fraction of sp³-hybridized carbons (Fsp3) is 0.133. The van der Waals surface area contributed by atoms with Crippen molar-refractivity contribution in [1.82, 2.24) is 0 Å². The van der Waals surface area contributed by atoms with Gasteiger partial charge >= 0.3 is 6.03 Å². The molecule has 1 unspecified atom stereocenters. The minimum atomic E-state index is -0.401. The average molecular weight is 352 g/mol. The molecule has 1 atom stereocenters. The van der Waals surface area contributed by atoms with Crippen LogP contribution in [0.4, 0.5) is 20.6 Å². The second-order valence-corrected chi connectivity index (χ2v) is 5.47. The number of carbonyl (C=O) groups is 1. The normalized spacial score (nSPS) is 11.8. The van der Waals surface area contributed by atoms with Gasteiger partial charge in [0.05, 0.1) is 4.47 Å². The Kier molecular flexibility index (Phi) is 4.93. The third kappa shape index (κ3) is 4.27. The smallest absolute Gasteiger partial charge is 0.323 e. The van der Waals surface area contributed by atoms with Crippen LogP contribution in [0.5, 0.6) is 0 Å². The van der Waals surface area contributed by atoms with E-state index in [0.717, 1.165) is 5.56 Å². The molecule has 110 valence electrons. The molecule has 0 saturated heterocycles. The quantitative estimate of drug-likeness (QED) is 0.773. The van der Waals surface area contributed by atoms with Crippen molar-refractivity contribution in [3.63, 3.8) is 0 Å². The lowest BCUT2D eigenvalue weighted by atomic mass is 10.1. The van der Waals surface area contributed by atoms with Crippen molar-refractivity contribution in [2.75, 3.05) is 10.6 Å². The zero-order valence-electron chi connectivity index (χ0n) is 11.4. The van der Waals surface area contributed by atoms with Crippen LogP contribution >= 0.6 is 15.9 Å². The van der Waals surface area contributed by atoms with Crippen LogP contribution in [0.3, 0.4) is 0 Å². The van der Waals surface area contributed by atoms with Crippen molar-refractivity contribution in [2.24, 2.45) is 5.73 Å². The van der Waals surface area contributed by atoms with Gasteiger partial charge in [-0.2, -0.15) is 0 Å². The molecule has 0 saturated carbocycles. The highest BCUT2D eigenvalue weighted by Gasteiger charge is 2.06. The Morgan fingerprint density at radius 2 is 1.71 bits per heavy atom. The maximum atomic E-state index is 13.1. The molecule has 2 rings (SSSR count). The molecular weight excluding hydrogens is 337 g/mol. The topological polar surface area (TPSA) is 67.1 Å². The molecule has 0 fully saturated rings. The first-order valence-electron chi connectivity index (χ1n) is 6.34. The van der Waals surface area contributed by atoms with E-state index in [2.05, 4.69) is 26.6 Å². The second-order valence-electron chi connectivity index (χ2n) is 4.62. The Hall–Kier alpha value is -1.92. The summed E-state index contributed by atoms with van der Waals surface area (Å²) in [4.78, 5) is 11.8. The van der Waals surface area contributed by atoms with Gasteiger partial charge in [-0.3, -0.25) is 0 Å². The predicted molar refractivity (Wildman–Crippen MR) is 85.8 cm³/mol. The molecule has 2 aromatic rings. The summed E-state index contributed by atoms with van der Waals surface area (Å²) in [5.74, 6) is -0.382. The maximum Gasteiger partial charge on any atom is 0.323 e. The largest absolute Gasteiger partial charge is 0.324 e. The Balaban J connectivity index is 1.99. The number of halogens is 2. The first kappa shape index (κ1) is 15.5. The first-order chi connectivity index (χ1) is 9.95.